The molecule has 0 atom stereocenters. The number of carboxylic acid groups (broad SMARTS) is 1. The van der Waals surface area contributed by atoms with Crippen molar-refractivity contribution in [2.24, 2.45) is 0 Å². The molecule has 0 saturated carbocycles. The van der Waals surface area contributed by atoms with Gasteiger partial charge in [0.1, 0.15) is 11.6 Å². The van der Waals surface area contributed by atoms with Crippen LogP contribution in [0.2, 0.25) is 0 Å². The molecule has 6 aromatic rings. The van der Waals surface area contributed by atoms with Crippen molar-refractivity contribution in [1.82, 2.24) is 15.0 Å². The molecule has 0 radical (unpaired) electrons. The van der Waals surface area contributed by atoms with Crippen LogP contribution in [0.5, 0.6) is 0 Å². The molecule has 0 fully saturated rings. The Morgan fingerprint density at radius 1 is 0.684 bits per heavy atom. The Labute approximate surface area is 215 Å². The van der Waals surface area contributed by atoms with Crippen LogP contribution in [0.4, 0.5) is 26.1 Å². The zero-order valence-corrected chi connectivity index (χ0v) is 19.7. The van der Waals surface area contributed by atoms with Gasteiger partial charge >= 0.3 is 5.97 Å². The number of anilines is 3. The molecule has 3 aromatic carbocycles. The summed E-state index contributed by atoms with van der Waals surface area (Å²) in [5, 5.41) is 12.7. The summed E-state index contributed by atoms with van der Waals surface area (Å²) < 4.78 is 28.4. The Hall–Kier alpha value is -5.24. The summed E-state index contributed by atoms with van der Waals surface area (Å²) in [4.78, 5) is 26.5. The molecule has 6 rings (SSSR count). The number of nitrogens with zero attached hydrogens (tertiary/aromatic N) is 4. The summed E-state index contributed by atoms with van der Waals surface area (Å²) in [6, 6.07) is 29.7. The molecule has 0 saturated heterocycles. The van der Waals surface area contributed by atoms with E-state index in [0.29, 0.717) is 28.1 Å². The van der Waals surface area contributed by atoms with Crippen molar-refractivity contribution in [3.8, 4) is 11.3 Å². The number of carboxylic acids is 1. The van der Waals surface area contributed by atoms with Crippen LogP contribution in [-0.4, -0.2) is 26.0 Å². The molecule has 0 spiro atoms. The molecule has 6 nitrogen and oxygen atoms in total. The van der Waals surface area contributed by atoms with Crippen molar-refractivity contribution < 1.29 is 18.7 Å². The first-order chi connectivity index (χ1) is 18.5. The Balaban J connectivity index is 1.72. The van der Waals surface area contributed by atoms with Gasteiger partial charge in [-0.1, -0.05) is 66.7 Å². The van der Waals surface area contributed by atoms with E-state index in [-0.39, 0.29) is 17.0 Å². The van der Waals surface area contributed by atoms with Gasteiger partial charge in [-0.25, -0.2) is 14.8 Å². The molecule has 38 heavy (non-hydrogen) atoms. The van der Waals surface area contributed by atoms with Crippen molar-refractivity contribution in [3.63, 3.8) is 0 Å². The lowest BCUT2D eigenvalue weighted by molar-refractivity contribution is 0.0691. The number of hydrogen-bond donors (Lipinski definition) is 1. The molecule has 0 unspecified atom stereocenters. The summed E-state index contributed by atoms with van der Waals surface area (Å²) in [6.07, 6.45) is 0. The average molecular weight is 504 g/mol. The Kier molecular flexibility index (Phi) is 5.69. The van der Waals surface area contributed by atoms with E-state index in [1.165, 1.54) is 12.1 Å². The zero-order valence-electron chi connectivity index (χ0n) is 19.7. The van der Waals surface area contributed by atoms with Crippen LogP contribution in [0, 0.1) is 11.9 Å². The summed E-state index contributed by atoms with van der Waals surface area (Å²) in [7, 11) is 0. The fourth-order valence-corrected chi connectivity index (χ4v) is 4.47. The third kappa shape index (κ3) is 4.08. The minimum absolute atomic E-state index is 0.0310. The molecule has 8 heteroatoms. The molecule has 1 N–H and O–H groups in total. The van der Waals surface area contributed by atoms with Gasteiger partial charge in [-0.2, -0.15) is 13.8 Å². The molecular formula is C30H18F2N4O2. The quantitative estimate of drug-likeness (QED) is 0.248. The maximum Gasteiger partial charge on any atom is 0.354 e. The highest BCUT2D eigenvalue weighted by Crippen LogP contribution is 2.41. The van der Waals surface area contributed by atoms with Gasteiger partial charge < -0.3 is 5.11 Å². The molecule has 184 valence electrons. The largest absolute Gasteiger partial charge is 0.477 e. The van der Waals surface area contributed by atoms with Crippen LogP contribution >= 0.6 is 0 Å². The molecular weight excluding hydrogens is 486 g/mol. The lowest BCUT2D eigenvalue weighted by Crippen LogP contribution is -2.16. The summed E-state index contributed by atoms with van der Waals surface area (Å²) in [5.41, 5.74) is 0.806. The van der Waals surface area contributed by atoms with Gasteiger partial charge in [-0.05, 0) is 47.2 Å². The van der Waals surface area contributed by atoms with Crippen molar-refractivity contribution in [3.05, 3.63) is 121 Å². The minimum atomic E-state index is -1.17. The highest BCUT2D eigenvalue weighted by molar-refractivity contribution is 6.04. The van der Waals surface area contributed by atoms with Crippen LogP contribution in [0.1, 0.15) is 10.5 Å². The lowest BCUT2D eigenvalue weighted by Gasteiger charge is -2.26. The third-order valence-corrected chi connectivity index (χ3v) is 6.19. The number of hydrogen-bond acceptors (Lipinski definition) is 5. The number of aromatic nitrogens is 3. The maximum atomic E-state index is 14.8. The summed E-state index contributed by atoms with van der Waals surface area (Å²) in [5.74, 6) is -2.34. The van der Waals surface area contributed by atoms with Crippen molar-refractivity contribution in [2.75, 3.05) is 4.90 Å². The van der Waals surface area contributed by atoms with Crippen molar-refractivity contribution in [1.29, 1.82) is 0 Å². The van der Waals surface area contributed by atoms with Gasteiger partial charge in [0.15, 0.2) is 5.69 Å². The monoisotopic (exact) mass is 504 g/mol. The average Bonchev–Trinajstić information content (AvgIpc) is 2.93. The van der Waals surface area contributed by atoms with E-state index >= 15 is 0 Å². The third-order valence-electron chi connectivity index (χ3n) is 6.19. The fraction of sp³-hybridized carbons (Fsp3) is 0. The number of halogens is 2. The first kappa shape index (κ1) is 23.2. The molecule has 0 aliphatic heterocycles. The van der Waals surface area contributed by atoms with Gasteiger partial charge in [0.05, 0.1) is 11.3 Å². The van der Waals surface area contributed by atoms with E-state index < -0.39 is 17.9 Å². The van der Waals surface area contributed by atoms with Crippen LogP contribution in [0.15, 0.2) is 103 Å². The number of carbonyl (C=O) groups is 1. The molecule has 0 bridgehead atoms. The Morgan fingerprint density at radius 2 is 1.29 bits per heavy atom. The highest BCUT2D eigenvalue weighted by atomic mass is 19.1. The van der Waals surface area contributed by atoms with E-state index in [0.717, 1.165) is 16.8 Å². The Morgan fingerprint density at radius 3 is 1.95 bits per heavy atom. The first-order valence-corrected chi connectivity index (χ1v) is 11.7. The van der Waals surface area contributed by atoms with Gasteiger partial charge in [0.2, 0.25) is 11.9 Å². The fourth-order valence-electron chi connectivity index (χ4n) is 4.47. The second kappa shape index (κ2) is 9.33. The number of rotatable bonds is 5. The number of para-hydroxylation sites is 1. The summed E-state index contributed by atoms with van der Waals surface area (Å²) in [6.45, 7) is 0. The van der Waals surface area contributed by atoms with Gasteiger partial charge in [-0.15, -0.1) is 0 Å². The van der Waals surface area contributed by atoms with Crippen LogP contribution in [-0.2, 0) is 0 Å². The van der Waals surface area contributed by atoms with Gasteiger partial charge in [0.25, 0.3) is 0 Å². The maximum absolute atomic E-state index is 14.8. The smallest absolute Gasteiger partial charge is 0.354 e. The second-order valence-corrected chi connectivity index (χ2v) is 8.55. The number of benzene rings is 3. The van der Waals surface area contributed by atoms with Crippen LogP contribution in [0.25, 0.3) is 32.8 Å². The standard InChI is InChI=1S/C30H18F2N4O2/c31-26-15-14-23(27(32)35-26)24-16-18-8-4-6-12-21(18)28(33-24)36(20-10-2-1-3-11-20)29-22-13-7-5-9-19(22)17-25(34-29)30(37)38/h1-17H,(H,37,38). The van der Waals surface area contributed by atoms with E-state index in [1.54, 1.807) is 11.0 Å². The van der Waals surface area contributed by atoms with Crippen molar-refractivity contribution >= 4 is 44.8 Å². The first-order valence-electron chi connectivity index (χ1n) is 11.7. The predicted octanol–water partition coefficient (Wildman–Crippen LogP) is 7.29. The van der Waals surface area contributed by atoms with Crippen LogP contribution in [0.3, 0.4) is 0 Å². The van der Waals surface area contributed by atoms with Gasteiger partial charge in [0, 0.05) is 16.5 Å². The topological polar surface area (TPSA) is 79.2 Å². The molecule has 0 aliphatic rings. The van der Waals surface area contributed by atoms with E-state index in [4.69, 9.17) is 4.98 Å². The number of fused-ring (bicyclic) bond motifs is 2. The molecule has 3 aromatic heterocycles. The lowest BCUT2D eigenvalue weighted by atomic mass is 10.1. The molecule has 0 aliphatic carbocycles. The SMILES string of the molecule is O=C(O)c1cc2ccccc2c(N(c2ccccc2)c2nc(-c3ccc(F)nc3F)cc3ccccc23)n1. The normalized spacial score (nSPS) is 11.1. The number of aromatic carboxylic acids is 1. The molecule has 0 amide bonds. The minimum Gasteiger partial charge on any atom is -0.477 e. The van der Waals surface area contributed by atoms with E-state index in [2.05, 4.69) is 9.97 Å². The van der Waals surface area contributed by atoms with Crippen LogP contribution < -0.4 is 4.90 Å². The van der Waals surface area contributed by atoms with E-state index in [1.807, 2.05) is 78.9 Å². The zero-order chi connectivity index (χ0) is 26.2. The molecule has 3 heterocycles. The predicted molar refractivity (Wildman–Crippen MR) is 142 cm³/mol. The van der Waals surface area contributed by atoms with Crippen molar-refractivity contribution in [2.45, 2.75) is 0 Å². The number of pyridine rings is 3. The van der Waals surface area contributed by atoms with E-state index in [9.17, 15) is 18.7 Å². The van der Waals surface area contributed by atoms with Gasteiger partial charge in [-0.3, -0.25) is 4.90 Å². The second-order valence-electron chi connectivity index (χ2n) is 8.55. The highest BCUT2D eigenvalue weighted by Gasteiger charge is 2.24. The summed E-state index contributed by atoms with van der Waals surface area (Å²) >= 11 is 0. The Bertz CT molecular complexity index is 1840.